The fourth-order valence-electron chi connectivity index (χ4n) is 3.96. The number of amides is 2. The molecule has 2 amide bonds. The molecule has 0 bridgehead atoms. The molecule has 0 spiro atoms. The van der Waals surface area contributed by atoms with E-state index in [4.69, 9.17) is 0 Å². The predicted molar refractivity (Wildman–Crippen MR) is 107 cm³/mol. The van der Waals surface area contributed by atoms with E-state index in [1.807, 2.05) is 59.5 Å². The van der Waals surface area contributed by atoms with Crippen molar-refractivity contribution in [1.29, 1.82) is 0 Å². The smallest absolute Gasteiger partial charge is 0.258 e. The summed E-state index contributed by atoms with van der Waals surface area (Å²) < 4.78 is 0. The second-order valence-electron chi connectivity index (χ2n) is 7.19. The molecule has 0 radical (unpaired) electrons. The van der Waals surface area contributed by atoms with E-state index in [1.54, 1.807) is 4.90 Å². The van der Waals surface area contributed by atoms with E-state index in [-0.39, 0.29) is 11.8 Å². The van der Waals surface area contributed by atoms with E-state index in [0.717, 1.165) is 24.5 Å². The maximum atomic E-state index is 13.0. The lowest BCUT2D eigenvalue weighted by molar-refractivity contribution is -0.120. The Balaban J connectivity index is 1.56. The fraction of sp³-hybridized carbons (Fsp3) is 0.364. The average Bonchev–Trinajstić information content (AvgIpc) is 2.74. The number of fused-ring (bicyclic) bond motifs is 1. The van der Waals surface area contributed by atoms with Gasteiger partial charge in [0.25, 0.3) is 5.91 Å². The number of hydrogen-bond acceptors (Lipinski definition) is 3. The van der Waals surface area contributed by atoms with Crippen LogP contribution < -0.4 is 9.80 Å². The van der Waals surface area contributed by atoms with Crippen molar-refractivity contribution in [3.8, 4) is 0 Å². The lowest BCUT2D eigenvalue weighted by Gasteiger charge is -2.37. The maximum absolute atomic E-state index is 13.0. The molecular formula is C22H25N3O2. The number of hydrogen-bond donors (Lipinski definition) is 0. The molecule has 2 aromatic carbocycles. The third-order valence-corrected chi connectivity index (χ3v) is 5.39. The van der Waals surface area contributed by atoms with Gasteiger partial charge in [-0.3, -0.25) is 14.5 Å². The molecule has 1 fully saturated rings. The van der Waals surface area contributed by atoms with Gasteiger partial charge in [0.05, 0.1) is 17.9 Å². The number of nitrogens with zero attached hydrogens (tertiary/aromatic N) is 3. The molecule has 27 heavy (non-hydrogen) atoms. The molecular weight excluding hydrogens is 338 g/mol. The normalized spacial score (nSPS) is 17.5. The molecule has 0 N–H and O–H groups in total. The number of carbonyl (C=O) groups is 2. The summed E-state index contributed by atoms with van der Waals surface area (Å²) in [5.74, 6) is 0.0994. The molecule has 0 atom stereocenters. The van der Waals surface area contributed by atoms with E-state index in [1.165, 1.54) is 19.3 Å². The van der Waals surface area contributed by atoms with E-state index in [2.05, 4.69) is 4.90 Å². The number of anilines is 2. The lowest BCUT2D eigenvalue weighted by Crippen LogP contribution is -2.49. The first-order chi connectivity index (χ1) is 13.2. The number of benzene rings is 2. The van der Waals surface area contributed by atoms with Crippen molar-refractivity contribution in [2.24, 2.45) is 0 Å². The Morgan fingerprint density at radius 3 is 2.00 bits per heavy atom. The van der Waals surface area contributed by atoms with E-state index < -0.39 is 0 Å². The summed E-state index contributed by atoms with van der Waals surface area (Å²) in [6, 6.07) is 17.0. The molecule has 5 nitrogen and oxygen atoms in total. The summed E-state index contributed by atoms with van der Waals surface area (Å²) in [6.07, 6.45) is 3.60. The number of rotatable bonds is 3. The average molecular weight is 363 g/mol. The Bertz CT molecular complexity index is 815. The first kappa shape index (κ1) is 17.7. The zero-order chi connectivity index (χ0) is 18.6. The van der Waals surface area contributed by atoms with Crippen molar-refractivity contribution in [1.82, 2.24) is 4.90 Å². The lowest BCUT2D eigenvalue weighted by atomic mass is 10.1. The maximum Gasteiger partial charge on any atom is 0.258 e. The van der Waals surface area contributed by atoms with Crippen molar-refractivity contribution in [2.45, 2.75) is 19.3 Å². The van der Waals surface area contributed by atoms with Crippen LogP contribution in [-0.4, -0.2) is 49.4 Å². The van der Waals surface area contributed by atoms with Gasteiger partial charge in [-0.2, -0.15) is 0 Å². The minimum Gasteiger partial charge on any atom is -0.307 e. The first-order valence-electron chi connectivity index (χ1n) is 9.73. The van der Waals surface area contributed by atoms with Gasteiger partial charge in [0.2, 0.25) is 5.91 Å². The van der Waals surface area contributed by atoms with Gasteiger partial charge in [-0.25, -0.2) is 0 Å². The Labute approximate surface area is 160 Å². The highest BCUT2D eigenvalue weighted by Gasteiger charge is 2.30. The van der Waals surface area contributed by atoms with Gasteiger partial charge in [0, 0.05) is 18.7 Å². The van der Waals surface area contributed by atoms with E-state index in [9.17, 15) is 9.59 Å². The third kappa shape index (κ3) is 3.74. The summed E-state index contributed by atoms with van der Waals surface area (Å²) in [6.45, 7) is 3.50. The summed E-state index contributed by atoms with van der Waals surface area (Å²) in [7, 11) is 0. The number of piperidine rings is 1. The molecule has 0 saturated carbocycles. The van der Waals surface area contributed by atoms with Gasteiger partial charge in [0.15, 0.2) is 0 Å². The minimum atomic E-state index is -0.0221. The minimum absolute atomic E-state index is 0.0221. The summed E-state index contributed by atoms with van der Waals surface area (Å²) in [5, 5.41) is 0. The first-order valence-corrected chi connectivity index (χ1v) is 9.73. The van der Waals surface area contributed by atoms with Crippen molar-refractivity contribution in [3.05, 3.63) is 60.2 Å². The molecule has 2 aliphatic heterocycles. The monoisotopic (exact) mass is 363 g/mol. The molecule has 4 rings (SSSR count). The second-order valence-corrected chi connectivity index (χ2v) is 7.19. The van der Waals surface area contributed by atoms with Crippen LogP contribution >= 0.6 is 0 Å². The van der Waals surface area contributed by atoms with Crippen LogP contribution in [0.1, 0.15) is 29.6 Å². The van der Waals surface area contributed by atoms with Crippen molar-refractivity contribution < 1.29 is 9.59 Å². The van der Waals surface area contributed by atoms with Crippen LogP contribution in [0.25, 0.3) is 0 Å². The highest BCUT2D eigenvalue weighted by molar-refractivity contribution is 6.10. The summed E-state index contributed by atoms with van der Waals surface area (Å²) >= 11 is 0. The summed E-state index contributed by atoms with van der Waals surface area (Å²) in [4.78, 5) is 31.8. The fourth-order valence-corrected chi connectivity index (χ4v) is 3.96. The van der Waals surface area contributed by atoms with E-state index in [0.29, 0.717) is 25.2 Å². The Morgan fingerprint density at radius 2 is 1.30 bits per heavy atom. The molecule has 2 aliphatic rings. The van der Waals surface area contributed by atoms with E-state index >= 15 is 0 Å². The van der Waals surface area contributed by atoms with Gasteiger partial charge in [-0.15, -0.1) is 0 Å². The molecule has 0 unspecified atom stereocenters. The topological polar surface area (TPSA) is 43.9 Å². The van der Waals surface area contributed by atoms with Crippen LogP contribution in [0.4, 0.5) is 11.4 Å². The zero-order valence-corrected chi connectivity index (χ0v) is 15.5. The molecule has 0 aromatic heterocycles. The van der Waals surface area contributed by atoms with Crippen LogP contribution in [0.15, 0.2) is 54.6 Å². The van der Waals surface area contributed by atoms with Crippen LogP contribution in [0.3, 0.4) is 0 Å². The van der Waals surface area contributed by atoms with Crippen LogP contribution in [0.2, 0.25) is 0 Å². The standard InChI is InChI=1S/C22H25N3O2/c26-21(17-23-13-7-2-8-14-23)24-15-16-25(20-12-6-5-11-19(20)24)22(27)18-9-3-1-4-10-18/h1,3-6,9-12H,2,7-8,13-17H2. The number of para-hydroxylation sites is 2. The zero-order valence-electron chi connectivity index (χ0n) is 15.5. The Morgan fingerprint density at radius 1 is 0.704 bits per heavy atom. The molecule has 2 aromatic rings. The van der Waals surface area contributed by atoms with Gasteiger partial charge < -0.3 is 9.80 Å². The Hall–Kier alpha value is -2.66. The number of likely N-dealkylation sites (tertiary alicyclic amines) is 1. The van der Waals surface area contributed by atoms with Crippen LogP contribution in [0, 0.1) is 0 Å². The third-order valence-electron chi connectivity index (χ3n) is 5.39. The van der Waals surface area contributed by atoms with Crippen molar-refractivity contribution in [2.75, 3.05) is 42.5 Å². The molecule has 0 aliphatic carbocycles. The van der Waals surface area contributed by atoms with Crippen LogP contribution in [-0.2, 0) is 4.79 Å². The van der Waals surface area contributed by atoms with Gasteiger partial charge in [-0.1, -0.05) is 36.8 Å². The molecule has 1 saturated heterocycles. The highest BCUT2D eigenvalue weighted by Crippen LogP contribution is 2.34. The predicted octanol–water partition coefficient (Wildman–Crippen LogP) is 3.17. The Kier molecular flexibility index (Phi) is 5.21. The largest absolute Gasteiger partial charge is 0.307 e. The highest BCUT2D eigenvalue weighted by atomic mass is 16.2. The van der Waals surface area contributed by atoms with Gasteiger partial charge >= 0.3 is 0 Å². The SMILES string of the molecule is O=C(CN1CCCCC1)N1CCN(C(=O)c2ccccc2)c2ccccc21. The van der Waals surface area contributed by atoms with Crippen LogP contribution in [0.5, 0.6) is 0 Å². The molecule has 140 valence electrons. The van der Waals surface area contributed by atoms with Gasteiger partial charge in [0.1, 0.15) is 0 Å². The molecule has 5 heteroatoms. The molecule has 2 heterocycles. The van der Waals surface area contributed by atoms with Crippen molar-refractivity contribution >= 4 is 23.2 Å². The number of carbonyl (C=O) groups excluding carboxylic acids is 2. The van der Waals surface area contributed by atoms with Gasteiger partial charge in [-0.05, 0) is 50.2 Å². The second kappa shape index (κ2) is 7.92. The van der Waals surface area contributed by atoms with Crippen molar-refractivity contribution in [3.63, 3.8) is 0 Å². The quantitative estimate of drug-likeness (QED) is 0.841. The summed E-state index contributed by atoms with van der Waals surface area (Å²) in [5.41, 5.74) is 2.31.